The van der Waals surface area contributed by atoms with E-state index in [0.717, 1.165) is 6.54 Å². The minimum Gasteiger partial charge on any atom is -0.338 e. The van der Waals surface area contributed by atoms with Crippen molar-refractivity contribution in [3.05, 3.63) is 36.0 Å². The van der Waals surface area contributed by atoms with Crippen LogP contribution in [0.5, 0.6) is 0 Å². The fourth-order valence-electron chi connectivity index (χ4n) is 1.30. The highest BCUT2D eigenvalue weighted by Gasteiger charge is 2.08. The third kappa shape index (κ3) is 2.43. The zero-order valence-corrected chi connectivity index (χ0v) is 8.90. The normalized spacial score (nSPS) is 10.6. The van der Waals surface area contributed by atoms with Crippen molar-refractivity contribution < 1.29 is 8.91 Å². The van der Waals surface area contributed by atoms with Crippen LogP contribution >= 0.6 is 0 Å². The van der Waals surface area contributed by atoms with Gasteiger partial charge in [-0.05, 0) is 18.7 Å². The van der Waals surface area contributed by atoms with Crippen LogP contribution in [0.2, 0.25) is 0 Å². The van der Waals surface area contributed by atoms with Crippen molar-refractivity contribution in [1.82, 2.24) is 15.5 Å². The van der Waals surface area contributed by atoms with Crippen LogP contribution in [0.3, 0.4) is 0 Å². The van der Waals surface area contributed by atoms with Crippen LogP contribution in [0.4, 0.5) is 4.39 Å². The van der Waals surface area contributed by atoms with Gasteiger partial charge in [0, 0.05) is 5.56 Å². The van der Waals surface area contributed by atoms with Crippen molar-refractivity contribution in [2.45, 2.75) is 13.5 Å². The number of nitrogens with zero attached hydrogens (tertiary/aromatic N) is 2. The summed E-state index contributed by atoms with van der Waals surface area (Å²) in [5.74, 6) is 0.601. The molecule has 0 radical (unpaired) electrons. The first-order chi connectivity index (χ1) is 7.79. The average Bonchev–Trinajstić information content (AvgIpc) is 2.75. The van der Waals surface area contributed by atoms with E-state index in [0.29, 0.717) is 23.8 Å². The Kier molecular flexibility index (Phi) is 3.26. The molecule has 0 aliphatic carbocycles. The molecule has 2 rings (SSSR count). The van der Waals surface area contributed by atoms with Gasteiger partial charge in [-0.25, -0.2) is 4.39 Å². The van der Waals surface area contributed by atoms with Gasteiger partial charge in [0.15, 0.2) is 0 Å². The van der Waals surface area contributed by atoms with Crippen LogP contribution in [-0.4, -0.2) is 16.7 Å². The van der Waals surface area contributed by atoms with Gasteiger partial charge in [0.2, 0.25) is 11.7 Å². The van der Waals surface area contributed by atoms with Crippen LogP contribution < -0.4 is 5.32 Å². The predicted molar refractivity (Wildman–Crippen MR) is 57.1 cm³/mol. The molecule has 1 aromatic carbocycles. The Bertz CT molecular complexity index is 470. The first-order valence-corrected chi connectivity index (χ1v) is 5.09. The lowest BCUT2D eigenvalue weighted by molar-refractivity contribution is 0.369. The second-order valence-electron chi connectivity index (χ2n) is 3.30. The van der Waals surface area contributed by atoms with E-state index in [-0.39, 0.29) is 5.82 Å². The van der Waals surface area contributed by atoms with E-state index in [1.165, 1.54) is 12.1 Å². The van der Waals surface area contributed by atoms with Crippen molar-refractivity contribution >= 4 is 0 Å². The molecule has 4 nitrogen and oxygen atoms in total. The number of hydrogen-bond acceptors (Lipinski definition) is 4. The van der Waals surface area contributed by atoms with E-state index >= 15 is 0 Å². The molecular weight excluding hydrogens is 209 g/mol. The summed E-state index contributed by atoms with van der Waals surface area (Å²) in [4.78, 5) is 4.15. The maximum atomic E-state index is 13.0. The van der Waals surface area contributed by atoms with Gasteiger partial charge < -0.3 is 9.84 Å². The molecule has 0 saturated carbocycles. The number of aromatic nitrogens is 2. The summed E-state index contributed by atoms with van der Waals surface area (Å²) in [6.07, 6.45) is 0. The summed E-state index contributed by atoms with van der Waals surface area (Å²) in [6, 6.07) is 6.11. The molecule has 0 unspecified atom stereocenters. The SMILES string of the molecule is CCNCc1nc(-c2cccc(F)c2)no1. The molecule has 1 aromatic heterocycles. The lowest BCUT2D eigenvalue weighted by Gasteiger charge is -1.94. The zero-order valence-electron chi connectivity index (χ0n) is 8.90. The highest BCUT2D eigenvalue weighted by Crippen LogP contribution is 2.16. The Balaban J connectivity index is 2.18. The van der Waals surface area contributed by atoms with E-state index in [9.17, 15) is 4.39 Å². The lowest BCUT2D eigenvalue weighted by Crippen LogP contribution is -2.11. The Labute approximate surface area is 92.5 Å². The Morgan fingerprint density at radius 3 is 3.06 bits per heavy atom. The van der Waals surface area contributed by atoms with E-state index in [4.69, 9.17) is 4.52 Å². The number of benzene rings is 1. The largest absolute Gasteiger partial charge is 0.338 e. The van der Waals surface area contributed by atoms with Crippen molar-refractivity contribution in [1.29, 1.82) is 0 Å². The molecule has 5 heteroatoms. The lowest BCUT2D eigenvalue weighted by atomic mass is 10.2. The molecule has 0 amide bonds. The Hall–Kier alpha value is -1.75. The average molecular weight is 221 g/mol. The van der Waals surface area contributed by atoms with Crippen molar-refractivity contribution in [3.63, 3.8) is 0 Å². The molecular formula is C11H12FN3O. The van der Waals surface area contributed by atoms with Gasteiger partial charge >= 0.3 is 0 Å². The third-order valence-electron chi connectivity index (χ3n) is 2.08. The molecule has 0 aliphatic heterocycles. The fraction of sp³-hybridized carbons (Fsp3) is 0.273. The van der Waals surface area contributed by atoms with Crippen molar-refractivity contribution in [2.24, 2.45) is 0 Å². The van der Waals surface area contributed by atoms with Crippen LogP contribution in [0.25, 0.3) is 11.4 Å². The van der Waals surface area contributed by atoms with Gasteiger partial charge in [-0.3, -0.25) is 0 Å². The molecule has 1 heterocycles. The molecule has 16 heavy (non-hydrogen) atoms. The maximum Gasteiger partial charge on any atom is 0.240 e. The van der Waals surface area contributed by atoms with E-state index < -0.39 is 0 Å². The summed E-state index contributed by atoms with van der Waals surface area (Å²) in [7, 11) is 0. The quantitative estimate of drug-likeness (QED) is 0.857. The van der Waals surface area contributed by atoms with Gasteiger partial charge in [-0.1, -0.05) is 24.2 Å². The Morgan fingerprint density at radius 2 is 2.31 bits per heavy atom. The summed E-state index contributed by atoms with van der Waals surface area (Å²) in [5.41, 5.74) is 0.617. The van der Waals surface area contributed by atoms with Gasteiger partial charge in [-0.2, -0.15) is 4.98 Å². The first kappa shape index (κ1) is 10.8. The molecule has 1 N–H and O–H groups in total. The monoisotopic (exact) mass is 221 g/mol. The standard InChI is InChI=1S/C11H12FN3O/c1-2-13-7-10-14-11(15-16-10)8-4-3-5-9(12)6-8/h3-6,13H,2,7H2,1H3. The van der Waals surface area contributed by atoms with Gasteiger partial charge in [0.05, 0.1) is 6.54 Å². The first-order valence-electron chi connectivity index (χ1n) is 5.09. The molecule has 0 aliphatic rings. The summed E-state index contributed by atoms with van der Waals surface area (Å²) >= 11 is 0. The van der Waals surface area contributed by atoms with Crippen molar-refractivity contribution in [3.8, 4) is 11.4 Å². The second kappa shape index (κ2) is 4.85. The molecule has 0 fully saturated rings. The van der Waals surface area contributed by atoms with Gasteiger partial charge in [-0.15, -0.1) is 0 Å². The number of rotatable bonds is 4. The summed E-state index contributed by atoms with van der Waals surface area (Å²) in [5, 5.41) is 6.86. The van der Waals surface area contributed by atoms with E-state index in [1.54, 1.807) is 12.1 Å². The van der Waals surface area contributed by atoms with Gasteiger partial charge in [0.1, 0.15) is 5.82 Å². The molecule has 84 valence electrons. The van der Waals surface area contributed by atoms with Crippen LogP contribution in [0, 0.1) is 5.82 Å². The maximum absolute atomic E-state index is 13.0. The number of nitrogens with one attached hydrogen (secondary N) is 1. The van der Waals surface area contributed by atoms with E-state index in [1.807, 2.05) is 6.92 Å². The molecule has 0 atom stereocenters. The number of hydrogen-bond donors (Lipinski definition) is 1. The predicted octanol–water partition coefficient (Wildman–Crippen LogP) is 1.99. The smallest absolute Gasteiger partial charge is 0.240 e. The summed E-state index contributed by atoms with van der Waals surface area (Å²) in [6.45, 7) is 3.35. The van der Waals surface area contributed by atoms with E-state index in [2.05, 4.69) is 15.5 Å². The highest BCUT2D eigenvalue weighted by molar-refractivity contribution is 5.53. The van der Waals surface area contributed by atoms with Crippen LogP contribution in [0.1, 0.15) is 12.8 Å². The molecule has 2 aromatic rings. The Morgan fingerprint density at radius 1 is 1.44 bits per heavy atom. The molecule has 0 spiro atoms. The fourth-order valence-corrected chi connectivity index (χ4v) is 1.30. The van der Waals surface area contributed by atoms with Crippen molar-refractivity contribution in [2.75, 3.05) is 6.54 Å². The molecule has 0 saturated heterocycles. The van der Waals surface area contributed by atoms with Crippen LogP contribution in [-0.2, 0) is 6.54 Å². The zero-order chi connectivity index (χ0) is 11.4. The third-order valence-corrected chi connectivity index (χ3v) is 2.08. The van der Waals surface area contributed by atoms with Gasteiger partial charge in [0.25, 0.3) is 0 Å². The topological polar surface area (TPSA) is 51.0 Å². The minimum atomic E-state index is -0.310. The van der Waals surface area contributed by atoms with Crippen LogP contribution in [0.15, 0.2) is 28.8 Å². The minimum absolute atomic E-state index is 0.310. The number of halogens is 1. The summed E-state index contributed by atoms with van der Waals surface area (Å²) < 4.78 is 18.0. The second-order valence-corrected chi connectivity index (χ2v) is 3.30. The highest BCUT2D eigenvalue weighted by atomic mass is 19.1. The molecule has 0 bridgehead atoms.